The molecule has 1 aliphatic heterocycles. The van der Waals surface area contributed by atoms with Crippen molar-refractivity contribution in [1.82, 2.24) is 0 Å². The number of carbonyl (C=O) groups excluding carboxylic acids is 2. The predicted octanol–water partition coefficient (Wildman–Crippen LogP) is 0.666. The van der Waals surface area contributed by atoms with E-state index in [1.807, 2.05) is 0 Å². The van der Waals surface area contributed by atoms with E-state index in [1.165, 1.54) is 19.2 Å². The molecular weight excluding hydrogens is 226 g/mol. The van der Waals surface area contributed by atoms with Crippen LogP contribution in [-0.2, 0) is 16.0 Å². The number of carboxylic acid groups (broad SMARTS) is 1. The van der Waals surface area contributed by atoms with Crippen molar-refractivity contribution < 1.29 is 24.2 Å². The van der Waals surface area contributed by atoms with Gasteiger partial charge < -0.3 is 15.2 Å². The number of carbonyl (C=O) groups is 3. The maximum Gasteiger partial charge on any atom is 0.337 e. The molecule has 0 unspecified atom stereocenters. The number of hydrogen-bond acceptors (Lipinski definition) is 4. The first kappa shape index (κ1) is 11.1. The van der Waals surface area contributed by atoms with Crippen molar-refractivity contribution in [3.05, 3.63) is 28.8 Å². The first-order valence-corrected chi connectivity index (χ1v) is 4.81. The molecule has 17 heavy (non-hydrogen) atoms. The first-order chi connectivity index (χ1) is 8.02. The van der Waals surface area contributed by atoms with E-state index in [2.05, 4.69) is 10.1 Å². The lowest BCUT2D eigenvalue weighted by Crippen LogP contribution is -2.07. The molecule has 2 N–H and O–H groups in total. The van der Waals surface area contributed by atoms with E-state index in [0.717, 1.165) is 0 Å². The van der Waals surface area contributed by atoms with Crippen molar-refractivity contribution in [3.63, 3.8) is 0 Å². The van der Waals surface area contributed by atoms with Crippen LogP contribution in [0.5, 0.6) is 0 Å². The summed E-state index contributed by atoms with van der Waals surface area (Å²) in [6, 6.07) is 2.63. The van der Waals surface area contributed by atoms with Crippen LogP contribution < -0.4 is 5.32 Å². The van der Waals surface area contributed by atoms with E-state index >= 15 is 0 Å². The zero-order valence-corrected chi connectivity index (χ0v) is 8.94. The summed E-state index contributed by atoms with van der Waals surface area (Å²) in [6.07, 6.45) is 0.0123. The van der Waals surface area contributed by atoms with E-state index in [9.17, 15) is 14.4 Å². The molecule has 1 aliphatic rings. The van der Waals surface area contributed by atoms with E-state index in [4.69, 9.17) is 5.11 Å². The summed E-state index contributed by atoms with van der Waals surface area (Å²) in [4.78, 5) is 33.6. The SMILES string of the molecule is COC(=O)c1cc2c(c(C(=O)O)c1)CC(=O)N2. The van der Waals surface area contributed by atoms with Crippen LogP contribution in [0.3, 0.4) is 0 Å². The van der Waals surface area contributed by atoms with Gasteiger partial charge in [-0.3, -0.25) is 4.79 Å². The number of hydrogen-bond donors (Lipinski definition) is 2. The number of nitrogens with one attached hydrogen (secondary N) is 1. The number of benzene rings is 1. The van der Waals surface area contributed by atoms with Gasteiger partial charge in [0.2, 0.25) is 5.91 Å². The third-order valence-electron chi connectivity index (χ3n) is 2.51. The number of methoxy groups -OCH3 is 1. The first-order valence-electron chi connectivity index (χ1n) is 4.81. The Morgan fingerprint density at radius 2 is 2.12 bits per heavy atom. The Morgan fingerprint density at radius 1 is 1.41 bits per heavy atom. The molecule has 0 spiro atoms. The maximum atomic E-state index is 11.3. The predicted molar refractivity (Wildman–Crippen MR) is 57.1 cm³/mol. The molecule has 0 saturated heterocycles. The molecule has 0 atom stereocenters. The summed E-state index contributed by atoms with van der Waals surface area (Å²) >= 11 is 0. The summed E-state index contributed by atoms with van der Waals surface area (Å²) in [7, 11) is 1.20. The summed E-state index contributed by atoms with van der Waals surface area (Å²) in [5, 5.41) is 11.5. The molecule has 6 nitrogen and oxygen atoms in total. The molecule has 0 aromatic heterocycles. The molecule has 6 heteroatoms. The van der Waals surface area contributed by atoms with Gasteiger partial charge in [0.1, 0.15) is 0 Å². The molecule has 0 bridgehead atoms. The van der Waals surface area contributed by atoms with Gasteiger partial charge in [-0.2, -0.15) is 0 Å². The topological polar surface area (TPSA) is 92.7 Å². The van der Waals surface area contributed by atoms with Gasteiger partial charge in [-0.15, -0.1) is 0 Å². The average Bonchev–Trinajstić information content (AvgIpc) is 2.66. The van der Waals surface area contributed by atoms with Crippen LogP contribution in [0.2, 0.25) is 0 Å². The van der Waals surface area contributed by atoms with E-state index in [0.29, 0.717) is 11.3 Å². The Hall–Kier alpha value is -2.37. The number of ether oxygens (including phenoxy) is 1. The lowest BCUT2D eigenvalue weighted by molar-refractivity contribution is -0.115. The molecule has 0 aliphatic carbocycles. The minimum Gasteiger partial charge on any atom is -0.478 e. The van der Waals surface area contributed by atoms with Gasteiger partial charge in [0.25, 0.3) is 0 Å². The normalized spacial score (nSPS) is 12.9. The van der Waals surface area contributed by atoms with Crippen LogP contribution >= 0.6 is 0 Å². The lowest BCUT2D eigenvalue weighted by atomic mass is 10.0. The van der Waals surface area contributed by atoms with Gasteiger partial charge in [-0.25, -0.2) is 9.59 Å². The molecule has 1 aromatic rings. The van der Waals surface area contributed by atoms with Crippen LogP contribution in [-0.4, -0.2) is 30.1 Å². The van der Waals surface area contributed by atoms with Crippen LogP contribution in [0.25, 0.3) is 0 Å². The van der Waals surface area contributed by atoms with Gasteiger partial charge >= 0.3 is 11.9 Å². The highest BCUT2D eigenvalue weighted by molar-refractivity contribution is 6.06. The number of anilines is 1. The molecule has 0 saturated carbocycles. The zero-order valence-electron chi connectivity index (χ0n) is 8.94. The largest absolute Gasteiger partial charge is 0.478 e. The molecule has 0 radical (unpaired) electrons. The molecule has 88 valence electrons. The van der Waals surface area contributed by atoms with Gasteiger partial charge in [-0.1, -0.05) is 0 Å². The highest BCUT2D eigenvalue weighted by atomic mass is 16.5. The van der Waals surface area contributed by atoms with E-state index in [-0.39, 0.29) is 23.5 Å². The molecular formula is C11H9NO5. The van der Waals surface area contributed by atoms with Crippen molar-refractivity contribution in [3.8, 4) is 0 Å². The van der Waals surface area contributed by atoms with Crippen LogP contribution in [0.1, 0.15) is 26.3 Å². The highest BCUT2D eigenvalue weighted by Crippen LogP contribution is 2.28. The minimum absolute atomic E-state index is 0.0123. The Labute approximate surface area is 96.2 Å². The van der Waals surface area contributed by atoms with Crippen molar-refractivity contribution in [2.24, 2.45) is 0 Å². The Bertz CT molecular complexity index is 535. The number of aromatic carboxylic acids is 1. The number of amides is 1. The Morgan fingerprint density at radius 3 is 2.71 bits per heavy atom. The molecule has 2 rings (SSSR count). The second kappa shape index (κ2) is 3.89. The third kappa shape index (κ3) is 1.84. The monoisotopic (exact) mass is 235 g/mol. The number of esters is 1. The maximum absolute atomic E-state index is 11.3. The van der Waals surface area contributed by atoms with Gasteiger partial charge in [-0.05, 0) is 17.7 Å². The summed E-state index contributed by atoms with van der Waals surface area (Å²) < 4.78 is 4.51. The van der Waals surface area contributed by atoms with E-state index < -0.39 is 11.9 Å². The minimum atomic E-state index is -1.18. The van der Waals surface area contributed by atoms with Crippen LogP contribution in [0, 0.1) is 0 Å². The van der Waals surface area contributed by atoms with Gasteiger partial charge in [0.05, 0.1) is 24.7 Å². The molecule has 0 fully saturated rings. The standard InChI is InChI=1S/C11H9NO5/c1-17-11(16)5-2-7(10(14)15)6-4-9(13)12-8(6)3-5/h2-3H,4H2,1H3,(H,12,13)(H,14,15). The highest BCUT2D eigenvalue weighted by Gasteiger charge is 2.26. The fraction of sp³-hybridized carbons (Fsp3) is 0.182. The van der Waals surface area contributed by atoms with Crippen molar-refractivity contribution in [2.75, 3.05) is 12.4 Å². The van der Waals surface area contributed by atoms with E-state index in [1.54, 1.807) is 0 Å². The van der Waals surface area contributed by atoms with Gasteiger partial charge in [0.15, 0.2) is 0 Å². The Balaban J connectivity index is 2.59. The quantitative estimate of drug-likeness (QED) is 0.735. The van der Waals surface area contributed by atoms with Crippen molar-refractivity contribution in [2.45, 2.75) is 6.42 Å². The lowest BCUT2D eigenvalue weighted by Gasteiger charge is -2.06. The number of fused-ring (bicyclic) bond motifs is 1. The fourth-order valence-corrected chi connectivity index (χ4v) is 1.76. The average molecular weight is 235 g/mol. The second-order valence-corrected chi connectivity index (χ2v) is 3.57. The number of rotatable bonds is 2. The molecule has 1 heterocycles. The zero-order chi connectivity index (χ0) is 12.6. The summed E-state index contributed by atoms with van der Waals surface area (Å²) in [6.45, 7) is 0. The van der Waals surface area contributed by atoms with Crippen molar-refractivity contribution in [1.29, 1.82) is 0 Å². The number of carboxylic acids is 1. The summed E-state index contributed by atoms with van der Waals surface area (Å²) in [5.41, 5.74) is 0.803. The summed E-state index contributed by atoms with van der Waals surface area (Å²) in [5.74, 6) is -2.11. The van der Waals surface area contributed by atoms with Crippen LogP contribution in [0.15, 0.2) is 12.1 Å². The molecule has 1 amide bonds. The fourth-order valence-electron chi connectivity index (χ4n) is 1.76. The second-order valence-electron chi connectivity index (χ2n) is 3.57. The molecule has 1 aromatic carbocycles. The Kier molecular flexibility index (Phi) is 2.55. The van der Waals surface area contributed by atoms with Crippen LogP contribution in [0.4, 0.5) is 5.69 Å². The van der Waals surface area contributed by atoms with Gasteiger partial charge in [0, 0.05) is 5.69 Å². The third-order valence-corrected chi connectivity index (χ3v) is 2.51. The smallest absolute Gasteiger partial charge is 0.337 e. The van der Waals surface area contributed by atoms with Crippen molar-refractivity contribution >= 4 is 23.5 Å².